The minimum Gasteiger partial charge on any atom is -0.354 e. The van der Waals surface area contributed by atoms with Gasteiger partial charge in [0.25, 0.3) is 10.0 Å². The van der Waals surface area contributed by atoms with Gasteiger partial charge in [-0.3, -0.25) is 13.9 Å². The van der Waals surface area contributed by atoms with Crippen LogP contribution in [0.1, 0.15) is 41.7 Å². The summed E-state index contributed by atoms with van der Waals surface area (Å²) in [6, 6.07) is 27.8. The van der Waals surface area contributed by atoms with Gasteiger partial charge < -0.3 is 10.2 Å². The monoisotopic (exact) mass is 659 g/mol. The van der Waals surface area contributed by atoms with Crippen molar-refractivity contribution in [2.45, 2.75) is 58.5 Å². The van der Waals surface area contributed by atoms with Crippen molar-refractivity contribution in [3.63, 3.8) is 0 Å². The van der Waals surface area contributed by atoms with Crippen molar-refractivity contribution in [2.75, 3.05) is 17.4 Å². The highest BCUT2D eigenvalue weighted by Gasteiger charge is 2.35. The zero-order valence-electron chi connectivity index (χ0n) is 27.0. The first-order valence-electron chi connectivity index (χ1n) is 15.4. The smallest absolute Gasteiger partial charge is 0.264 e. The summed E-state index contributed by atoms with van der Waals surface area (Å²) in [5.41, 5.74) is 4.51. The van der Waals surface area contributed by atoms with Gasteiger partial charge in [0.15, 0.2) is 0 Å². The number of hydrogen-bond acceptors (Lipinski definition) is 4. The predicted octanol–water partition coefficient (Wildman–Crippen LogP) is 6.87. The molecule has 0 aromatic heterocycles. The van der Waals surface area contributed by atoms with Crippen LogP contribution in [-0.4, -0.2) is 44.3 Å². The molecule has 2 amide bonds. The van der Waals surface area contributed by atoms with Crippen molar-refractivity contribution in [1.29, 1.82) is 0 Å². The zero-order valence-corrected chi connectivity index (χ0v) is 28.6. The standard InChI is InChI=1S/C37H42ClN3O4S/c1-26(2)23-39-37(43)35(22-30-9-7-6-8-10-30)40(24-31-15-17-32(38)18-16-31)36(42)25-41(34-21-28(4)11-14-29(34)5)46(44,45)33-19-12-27(3)13-20-33/h6-21,26,35H,22-25H2,1-5H3,(H,39,43)/t35-/m1/s1. The summed E-state index contributed by atoms with van der Waals surface area (Å²) in [6.07, 6.45) is 0.248. The Morgan fingerprint density at radius 3 is 2.07 bits per heavy atom. The quantitative estimate of drug-likeness (QED) is 0.170. The van der Waals surface area contributed by atoms with E-state index in [2.05, 4.69) is 5.32 Å². The zero-order chi connectivity index (χ0) is 33.4. The molecule has 4 aromatic rings. The number of aryl methyl sites for hydroxylation is 3. The van der Waals surface area contributed by atoms with E-state index in [1.54, 1.807) is 54.6 Å². The summed E-state index contributed by atoms with van der Waals surface area (Å²) in [4.78, 5) is 30.1. The van der Waals surface area contributed by atoms with Gasteiger partial charge in [-0.1, -0.05) is 97.7 Å². The molecule has 0 saturated carbocycles. The highest BCUT2D eigenvalue weighted by atomic mass is 35.5. The van der Waals surface area contributed by atoms with Crippen LogP contribution in [0.5, 0.6) is 0 Å². The fourth-order valence-corrected chi connectivity index (χ4v) is 6.70. The largest absolute Gasteiger partial charge is 0.354 e. The van der Waals surface area contributed by atoms with Crippen molar-refractivity contribution in [3.8, 4) is 0 Å². The van der Waals surface area contributed by atoms with Crippen molar-refractivity contribution < 1.29 is 18.0 Å². The number of nitrogens with one attached hydrogen (secondary N) is 1. The fourth-order valence-electron chi connectivity index (χ4n) is 5.10. The van der Waals surface area contributed by atoms with Gasteiger partial charge in [0, 0.05) is 24.5 Å². The van der Waals surface area contributed by atoms with Crippen LogP contribution < -0.4 is 9.62 Å². The Labute approximate surface area is 278 Å². The van der Waals surface area contributed by atoms with Crippen LogP contribution in [0.15, 0.2) is 102 Å². The maximum atomic E-state index is 14.6. The fraction of sp³-hybridized carbons (Fsp3) is 0.297. The first-order valence-corrected chi connectivity index (χ1v) is 17.2. The van der Waals surface area contributed by atoms with Crippen molar-refractivity contribution >= 4 is 39.1 Å². The molecular formula is C37H42ClN3O4S. The number of nitrogens with zero attached hydrogens (tertiary/aromatic N) is 2. The van der Waals surface area contributed by atoms with Gasteiger partial charge in [-0.25, -0.2) is 8.42 Å². The maximum absolute atomic E-state index is 14.6. The average Bonchev–Trinajstić information content (AvgIpc) is 3.03. The third kappa shape index (κ3) is 8.98. The second-order valence-electron chi connectivity index (χ2n) is 12.1. The number of hydrogen-bond donors (Lipinski definition) is 1. The molecule has 9 heteroatoms. The molecule has 4 rings (SSSR count). The molecule has 0 unspecified atom stereocenters. The SMILES string of the molecule is Cc1ccc(S(=O)(=O)N(CC(=O)N(Cc2ccc(Cl)cc2)[C@H](Cc2ccccc2)C(=O)NCC(C)C)c2cc(C)ccc2C)cc1. The third-order valence-electron chi connectivity index (χ3n) is 7.74. The number of halogens is 1. The maximum Gasteiger partial charge on any atom is 0.264 e. The Hall–Kier alpha value is -4.14. The Bertz CT molecular complexity index is 1740. The van der Waals surface area contributed by atoms with Gasteiger partial charge in [-0.15, -0.1) is 0 Å². The topological polar surface area (TPSA) is 86.8 Å². The van der Waals surface area contributed by atoms with Crippen molar-refractivity contribution in [3.05, 3.63) is 130 Å². The summed E-state index contributed by atoms with van der Waals surface area (Å²) in [6.45, 7) is 9.59. The van der Waals surface area contributed by atoms with Crippen LogP contribution in [0.4, 0.5) is 5.69 Å². The number of rotatable bonds is 13. The first kappa shape index (κ1) is 34.7. The highest BCUT2D eigenvalue weighted by Crippen LogP contribution is 2.29. The van der Waals surface area contributed by atoms with E-state index in [1.807, 2.05) is 77.1 Å². The molecule has 0 aliphatic carbocycles. The molecule has 0 fully saturated rings. The lowest BCUT2D eigenvalue weighted by Crippen LogP contribution is -2.53. The van der Waals surface area contributed by atoms with E-state index >= 15 is 0 Å². The summed E-state index contributed by atoms with van der Waals surface area (Å²) in [7, 11) is -4.18. The summed E-state index contributed by atoms with van der Waals surface area (Å²) in [5.74, 6) is -0.618. The van der Waals surface area contributed by atoms with Gasteiger partial charge in [-0.05, 0) is 79.3 Å². The lowest BCUT2D eigenvalue weighted by Gasteiger charge is -2.34. The molecule has 0 bridgehead atoms. The van der Waals surface area contributed by atoms with Gasteiger partial charge in [0.1, 0.15) is 12.6 Å². The Kier molecular flexibility index (Phi) is 11.7. The molecule has 0 aliphatic heterocycles. The predicted molar refractivity (Wildman–Crippen MR) is 185 cm³/mol. The molecule has 1 N–H and O–H groups in total. The second-order valence-corrected chi connectivity index (χ2v) is 14.4. The molecule has 7 nitrogen and oxygen atoms in total. The molecule has 1 atom stereocenters. The van der Waals surface area contributed by atoms with E-state index in [0.29, 0.717) is 22.8 Å². The van der Waals surface area contributed by atoms with E-state index in [4.69, 9.17) is 11.6 Å². The van der Waals surface area contributed by atoms with Crippen LogP contribution >= 0.6 is 11.6 Å². The molecule has 0 saturated heterocycles. The molecule has 0 heterocycles. The molecule has 0 aliphatic rings. The van der Waals surface area contributed by atoms with E-state index in [0.717, 1.165) is 22.3 Å². The molecule has 0 spiro atoms. The van der Waals surface area contributed by atoms with Crippen LogP contribution in [0.25, 0.3) is 0 Å². The van der Waals surface area contributed by atoms with Crippen molar-refractivity contribution in [1.82, 2.24) is 10.2 Å². The number of sulfonamides is 1. The highest BCUT2D eigenvalue weighted by molar-refractivity contribution is 7.92. The van der Waals surface area contributed by atoms with E-state index in [1.165, 1.54) is 9.21 Å². The normalized spacial score (nSPS) is 12.1. The van der Waals surface area contributed by atoms with Gasteiger partial charge in [0.2, 0.25) is 11.8 Å². The number of amides is 2. The Morgan fingerprint density at radius 2 is 1.43 bits per heavy atom. The van der Waals surface area contributed by atoms with Crippen LogP contribution in [0.3, 0.4) is 0 Å². The summed E-state index contributed by atoms with van der Waals surface area (Å²) in [5, 5.41) is 3.55. The summed E-state index contributed by atoms with van der Waals surface area (Å²) >= 11 is 6.17. The Morgan fingerprint density at radius 1 is 0.804 bits per heavy atom. The third-order valence-corrected chi connectivity index (χ3v) is 9.77. The van der Waals surface area contributed by atoms with E-state index < -0.39 is 28.5 Å². The van der Waals surface area contributed by atoms with Crippen LogP contribution in [-0.2, 0) is 32.6 Å². The molecular weight excluding hydrogens is 618 g/mol. The van der Waals surface area contributed by atoms with Crippen molar-refractivity contribution in [2.24, 2.45) is 5.92 Å². The number of carbonyl (C=O) groups is 2. The van der Waals surface area contributed by atoms with E-state index in [9.17, 15) is 18.0 Å². The molecule has 242 valence electrons. The van der Waals surface area contributed by atoms with Crippen LogP contribution in [0.2, 0.25) is 5.02 Å². The Balaban J connectivity index is 1.82. The first-order chi connectivity index (χ1) is 21.8. The lowest BCUT2D eigenvalue weighted by molar-refractivity contribution is -0.140. The number of benzene rings is 4. The van der Waals surface area contributed by atoms with Gasteiger partial charge in [-0.2, -0.15) is 0 Å². The molecule has 4 aromatic carbocycles. The average molecular weight is 660 g/mol. The second kappa shape index (κ2) is 15.4. The molecule has 0 radical (unpaired) electrons. The van der Waals surface area contributed by atoms with Gasteiger partial charge in [0.05, 0.1) is 10.6 Å². The van der Waals surface area contributed by atoms with E-state index in [-0.39, 0.29) is 29.7 Å². The van der Waals surface area contributed by atoms with Crippen LogP contribution in [0, 0.1) is 26.7 Å². The van der Waals surface area contributed by atoms with Gasteiger partial charge >= 0.3 is 0 Å². The molecule has 46 heavy (non-hydrogen) atoms. The minimum absolute atomic E-state index is 0.0755. The number of anilines is 1. The number of carbonyl (C=O) groups excluding carboxylic acids is 2. The summed E-state index contributed by atoms with van der Waals surface area (Å²) < 4.78 is 29.8. The lowest BCUT2D eigenvalue weighted by atomic mass is 10.0. The minimum atomic E-state index is -4.18.